The Kier molecular flexibility index (Phi) is 4.11. The van der Waals surface area contributed by atoms with E-state index in [4.69, 9.17) is 32.4 Å². The zero-order valence-corrected chi connectivity index (χ0v) is 13.4. The summed E-state index contributed by atoms with van der Waals surface area (Å²) in [6, 6.07) is 11.8. The van der Waals surface area contributed by atoms with E-state index in [-0.39, 0.29) is 32.5 Å². The number of fused-ring (bicyclic) bond motifs is 1. The lowest BCUT2D eigenvalue weighted by atomic mass is 10.1. The molecule has 1 heterocycles. The van der Waals surface area contributed by atoms with Gasteiger partial charge < -0.3 is 9.15 Å². The molecule has 0 aliphatic heterocycles. The molecule has 0 atom stereocenters. The molecule has 0 amide bonds. The van der Waals surface area contributed by atoms with Gasteiger partial charge in [0.1, 0.15) is 0 Å². The van der Waals surface area contributed by atoms with Crippen molar-refractivity contribution < 1.29 is 13.9 Å². The summed E-state index contributed by atoms with van der Waals surface area (Å²) >= 11 is 12.1. The maximum Gasteiger partial charge on any atom is 0.308 e. The molecule has 1 aromatic heterocycles. The third-order valence-corrected chi connectivity index (χ3v) is 3.65. The van der Waals surface area contributed by atoms with E-state index in [1.807, 2.05) is 6.07 Å². The minimum absolute atomic E-state index is 0.141. The zero-order chi connectivity index (χ0) is 16.6. The van der Waals surface area contributed by atoms with Crippen LogP contribution in [0.2, 0.25) is 10.0 Å². The molecule has 23 heavy (non-hydrogen) atoms. The van der Waals surface area contributed by atoms with Gasteiger partial charge in [0, 0.05) is 17.5 Å². The second-order valence-electron chi connectivity index (χ2n) is 4.81. The van der Waals surface area contributed by atoms with E-state index in [2.05, 4.69) is 0 Å². The Hall–Kier alpha value is -2.30. The van der Waals surface area contributed by atoms with Crippen molar-refractivity contribution in [2.75, 3.05) is 0 Å². The summed E-state index contributed by atoms with van der Waals surface area (Å²) in [4.78, 5) is 24.1. The molecule has 0 N–H and O–H groups in total. The first-order valence-electron chi connectivity index (χ1n) is 6.67. The lowest BCUT2D eigenvalue weighted by Gasteiger charge is -2.10. The molecule has 0 radical (unpaired) electrons. The van der Waals surface area contributed by atoms with Crippen molar-refractivity contribution in [1.82, 2.24) is 0 Å². The number of ether oxygens (including phenoxy) is 1. The minimum atomic E-state index is -0.623. The van der Waals surface area contributed by atoms with E-state index in [1.54, 1.807) is 24.3 Å². The number of carbonyl (C=O) groups excluding carboxylic acids is 1. The van der Waals surface area contributed by atoms with Gasteiger partial charge in [0.25, 0.3) is 0 Å². The van der Waals surface area contributed by atoms with Gasteiger partial charge in [0.15, 0.2) is 11.3 Å². The smallest absolute Gasteiger partial charge is 0.308 e. The monoisotopic (exact) mass is 348 g/mol. The van der Waals surface area contributed by atoms with E-state index in [0.29, 0.717) is 5.56 Å². The number of esters is 1. The highest BCUT2D eigenvalue weighted by atomic mass is 35.5. The predicted octanol–water partition coefficient (Wildman–Crippen LogP) is 4.69. The molecule has 0 bridgehead atoms. The van der Waals surface area contributed by atoms with Gasteiger partial charge >= 0.3 is 5.97 Å². The highest BCUT2D eigenvalue weighted by Crippen LogP contribution is 2.34. The number of halogens is 2. The molecule has 4 nitrogen and oxygen atoms in total. The van der Waals surface area contributed by atoms with Crippen LogP contribution in [0.3, 0.4) is 0 Å². The molecule has 0 aliphatic carbocycles. The van der Waals surface area contributed by atoms with Crippen molar-refractivity contribution in [3.8, 4) is 17.1 Å². The molecular formula is C17H10Cl2O4. The van der Waals surface area contributed by atoms with Crippen molar-refractivity contribution in [2.24, 2.45) is 0 Å². The van der Waals surface area contributed by atoms with Crippen LogP contribution >= 0.6 is 23.2 Å². The molecule has 0 aliphatic rings. The predicted molar refractivity (Wildman–Crippen MR) is 89.2 cm³/mol. The van der Waals surface area contributed by atoms with E-state index in [9.17, 15) is 9.59 Å². The fourth-order valence-electron chi connectivity index (χ4n) is 2.22. The maximum atomic E-state index is 12.7. The molecule has 2 aromatic carbocycles. The van der Waals surface area contributed by atoms with Gasteiger partial charge in [-0.05, 0) is 12.1 Å². The number of hydrogen-bond acceptors (Lipinski definition) is 4. The number of hydrogen-bond donors (Lipinski definition) is 0. The third-order valence-electron chi connectivity index (χ3n) is 3.15. The Balaban J connectivity index is 2.42. The van der Waals surface area contributed by atoms with Crippen LogP contribution in [0.25, 0.3) is 22.3 Å². The zero-order valence-electron chi connectivity index (χ0n) is 11.9. The molecule has 0 saturated heterocycles. The topological polar surface area (TPSA) is 56.5 Å². The lowest BCUT2D eigenvalue weighted by molar-refractivity contribution is -0.131. The van der Waals surface area contributed by atoms with Crippen LogP contribution in [0.4, 0.5) is 0 Å². The standard InChI is InChI=1S/C17H10Cl2O4/c1-9(20)22-17-14(21)12-7-11(18)8-13(19)16(12)23-15(17)10-5-3-2-4-6-10/h2-8H,1H3. The Bertz CT molecular complexity index is 962. The van der Waals surface area contributed by atoms with Gasteiger partial charge in [-0.3, -0.25) is 9.59 Å². The first-order chi connectivity index (χ1) is 11.0. The van der Waals surface area contributed by atoms with Crippen molar-refractivity contribution >= 4 is 40.1 Å². The van der Waals surface area contributed by atoms with Crippen LogP contribution in [0.15, 0.2) is 51.7 Å². The second-order valence-corrected chi connectivity index (χ2v) is 5.66. The number of benzene rings is 2. The van der Waals surface area contributed by atoms with Crippen LogP contribution in [-0.2, 0) is 4.79 Å². The molecule has 0 fully saturated rings. The summed E-state index contributed by atoms with van der Waals surface area (Å²) in [5.41, 5.74) is 0.272. The van der Waals surface area contributed by atoms with Crippen molar-refractivity contribution in [3.05, 3.63) is 62.7 Å². The first kappa shape index (κ1) is 15.6. The van der Waals surface area contributed by atoms with Gasteiger partial charge in [-0.15, -0.1) is 0 Å². The number of rotatable bonds is 2. The van der Waals surface area contributed by atoms with Crippen LogP contribution in [0.1, 0.15) is 6.92 Å². The molecule has 0 spiro atoms. The largest absolute Gasteiger partial charge is 0.450 e. The quantitative estimate of drug-likeness (QED) is 0.630. The van der Waals surface area contributed by atoms with Crippen LogP contribution in [0, 0.1) is 0 Å². The fourth-order valence-corrected chi connectivity index (χ4v) is 2.75. The van der Waals surface area contributed by atoms with Gasteiger partial charge in [-0.1, -0.05) is 53.5 Å². The van der Waals surface area contributed by atoms with Gasteiger partial charge in [0.05, 0.1) is 10.4 Å². The molecular weight excluding hydrogens is 339 g/mol. The summed E-state index contributed by atoms with van der Waals surface area (Å²) in [6.07, 6.45) is 0. The van der Waals surface area contributed by atoms with Crippen molar-refractivity contribution in [1.29, 1.82) is 0 Å². The molecule has 6 heteroatoms. The van der Waals surface area contributed by atoms with E-state index in [1.165, 1.54) is 19.1 Å². The first-order valence-corrected chi connectivity index (χ1v) is 7.42. The van der Waals surface area contributed by atoms with E-state index in [0.717, 1.165) is 0 Å². The lowest BCUT2D eigenvalue weighted by Crippen LogP contribution is -2.13. The van der Waals surface area contributed by atoms with Gasteiger partial charge in [-0.25, -0.2) is 0 Å². The van der Waals surface area contributed by atoms with Crippen LogP contribution in [-0.4, -0.2) is 5.97 Å². The van der Waals surface area contributed by atoms with Crippen molar-refractivity contribution in [3.63, 3.8) is 0 Å². The SMILES string of the molecule is CC(=O)Oc1c(-c2ccccc2)oc2c(Cl)cc(Cl)cc2c1=O. The Morgan fingerprint density at radius 2 is 1.83 bits per heavy atom. The summed E-state index contributed by atoms with van der Waals surface area (Å²) in [5, 5.41) is 0.644. The summed E-state index contributed by atoms with van der Waals surface area (Å²) in [7, 11) is 0. The van der Waals surface area contributed by atoms with E-state index < -0.39 is 11.4 Å². The molecule has 0 saturated carbocycles. The van der Waals surface area contributed by atoms with Crippen molar-refractivity contribution in [2.45, 2.75) is 6.92 Å². The average molecular weight is 349 g/mol. The highest BCUT2D eigenvalue weighted by molar-refractivity contribution is 6.38. The van der Waals surface area contributed by atoms with E-state index >= 15 is 0 Å². The molecule has 0 unspecified atom stereocenters. The van der Waals surface area contributed by atoms with Crippen LogP contribution < -0.4 is 10.2 Å². The Morgan fingerprint density at radius 3 is 2.48 bits per heavy atom. The normalized spacial score (nSPS) is 10.7. The summed E-state index contributed by atoms with van der Waals surface area (Å²) in [5.74, 6) is -0.668. The average Bonchev–Trinajstić information content (AvgIpc) is 2.51. The summed E-state index contributed by atoms with van der Waals surface area (Å²) in [6.45, 7) is 1.21. The van der Waals surface area contributed by atoms with Gasteiger partial charge in [0.2, 0.25) is 11.2 Å². The fraction of sp³-hybridized carbons (Fsp3) is 0.0588. The minimum Gasteiger partial charge on any atom is -0.450 e. The Labute approximate surface area is 141 Å². The van der Waals surface area contributed by atoms with Gasteiger partial charge in [-0.2, -0.15) is 0 Å². The molecule has 116 valence electrons. The Morgan fingerprint density at radius 1 is 1.13 bits per heavy atom. The third kappa shape index (κ3) is 2.96. The second kappa shape index (κ2) is 6.07. The maximum absolute atomic E-state index is 12.7. The summed E-state index contributed by atoms with van der Waals surface area (Å²) < 4.78 is 10.9. The van der Waals surface area contributed by atoms with Crippen LogP contribution in [0.5, 0.6) is 5.75 Å². The molecule has 3 aromatic rings. The highest BCUT2D eigenvalue weighted by Gasteiger charge is 2.20. The number of carbonyl (C=O) groups is 1. The molecule has 3 rings (SSSR count).